The number of rotatable bonds is 4. The third-order valence-electron chi connectivity index (χ3n) is 3.38. The molecule has 2 rings (SSSR count). The zero-order chi connectivity index (χ0) is 10.8. The van der Waals surface area contributed by atoms with Crippen LogP contribution >= 0.6 is 0 Å². The Kier molecular flexibility index (Phi) is 3.26. The highest BCUT2D eigenvalue weighted by Crippen LogP contribution is 2.25. The summed E-state index contributed by atoms with van der Waals surface area (Å²) in [6.07, 6.45) is 3.60. The molecular formula is C11H20N2O2. The normalized spacial score (nSPS) is 30.5. The Hall–Kier alpha value is -0.610. The maximum absolute atomic E-state index is 11.7. The predicted octanol–water partition coefficient (Wildman–Crippen LogP) is 0.374. The van der Waals surface area contributed by atoms with Gasteiger partial charge in [-0.1, -0.05) is 0 Å². The lowest BCUT2D eigenvalue weighted by Crippen LogP contribution is -2.43. The summed E-state index contributed by atoms with van der Waals surface area (Å²) in [6, 6.07) is 0.859. The summed E-state index contributed by atoms with van der Waals surface area (Å²) in [7, 11) is 1.90. The van der Waals surface area contributed by atoms with Gasteiger partial charge in [-0.15, -0.1) is 0 Å². The number of nitrogens with one attached hydrogen (secondary N) is 1. The van der Waals surface area contributed by atoms with Crippen LogP contribution in [0.15, 0.2) is 0 Å². The highest BCUT2D eigenvalue weighted by Gasteiger charge is 2.30. The van der Waals surface area contributed by atoms with Gasteiger partial charge in [-0.25, -0.2) is 0 Å². The first-order valence-electron chi connectivity index (χ1n) is 5.79. The lowest BCUT2D eigenvalue weighted by atomic mass is 10.1. The second-order valence-corrected chi connectivity index (χ2v) is 4.59. The van der Waals surface area contributed by atoms with E-state index in [0.717, 1.165) is 13.0 Å². The van der Waals surface area contributed by atoms with E-state index in [0.29, 0.717) is 18.6 Å². The lowest BCUT2D eigenvalue weighted by molar-refractivity contribution is -0.129. The largest absolute Gasteiger partial charge is 0.377 e. The number of amides is 1. The first kappa shape index (κ1) is 10.9. The van der Waals surface area contributed by atoms with Crippen LogP contribution in [0.25, 0.3) is 0 Å². The molecule has 2 atom stereocenters. The van der Waals surface area contributed by atoms with Gasteiger partial charge in [-0.05, 0) is 26.2 Å². The van der Waals surface area contributed by atoms with Gasteiger partial charge < -0.3 is 15.0 Å². The fraction of sp³-hybridized carbons (Fsp3) is 0.909. The van der Waals surface area contributed by atoms with Crippen LogP contribution in [0, 0.1) is 0 Å². The Balaban J connectivity index is 1.70. The summed E-state index contributed by atoms with van der Waals surface area (Å²) in [5.41, 5.74) is 0. The standard InChI is InChI=1S/C11H20N2O2/c1-8-10(5-6-15-8)12-7-11(14)13(2)9-3-4-9/h8-10,12H,3-7H2,1-2H3. The monoisotopic (exact) mass is 212 g/mol. The molecule has 0 aromatic carbocycles. The SMILES string of the molecule is CC1OCCC1NCC(=O)N(C)C1CC1. The molecule has 4 heteroatoms. The zero-order valence-corrected chi connectivity index (χ0v) is 9.53. The van der Waals surface area contributed by atoms with Crippen LogP contribution in [0.4, 0.5) is 0 Å². The van der Waals surface area contributed by atoms with Crippen molar-refractivity contribution in [1.29, 1.82) is 0 Å². The molecule has 1 saturated carbocycles. The molecule has 0 radical (unpaired) electrons. The van der Waals surface area contributed by atoms with Crippen molar-refractivity contribution >= 4 is 5.91 Å². The highest BCUT2D eigenvalue weighted by atomic mass is 16.5. The number of hydrogen-bond donors (Lipinski definition) is 1. The summed E-state index contributed by atoms with van der Waals surface area (Å²) in [5.74, 6) is 0.205. The van der Waals surface area contributed by atoms with Gasteiger partial charge in [0.1, 0.15) is 0 Å². The number of hydrogen-bond acceptors (Lipinski definition) is 3. The van der Waals surface area contributed by atoms with E-state index in [9.17, 15) is 4.79 Å². The first-order chi connectivity index (χ1) is 7.18. The molecule has 15 heavy (non-hydrogen) atoms. The van der Waals surface area contributed by atoms with Crippen LogP contribution in [0.3, 0.4) is 0 Å². The fourth-order valence-electron chi connectivity index (χ4n) is 2.01. The van der Waals surface area contributed by atoms with Crippen LogP contribution in [-0.2, 0) is 9.53 Å². The van der Waals surface area contributed by atoms with Crippen LogP contribution in [0.1, 0.15) is 26.2 Å². The molecule has 0 bridgehead atoms. The van der Waals surface area contributed by atoms with Gasteiger partial charge in [-0.3, -0.25) is 4.79 Å². The third kappa shape index (κ3) is 2.69. The fourth-order valence-corrected chi connectivity index (χ4v) is 2.01. The minimum atomic E-state index is 0.205. The van der Waals surface area contributed by atoms with Gasteiger partial charge in [0, 0.05) is 25.7 Å². The van der Waals surface area contributed by atoms with Gasteiger partial charge in [0.25, 0.3) is 0 Å². The van der Waals surface area contributed by atoms with Crippen molar-refractivity contribution in [2.75, 3.05) is 20.2 Å². The smallest absolute Gasteiger partial charge is 0.236 e. The van der Waals surface area contributed by atoms with E-state index in [1.54, 1.807) is 0 Å². The molecular weight excluding hydrogens is 192 g/mol. The Morgan fingerprint density at radius 2 is 2.20 bits per heavy atom. The van der Waals surface area contributed by atoms with Crippen molar-refractivity contribution in [3.8, 4) is 0 Å². The zero-order valence-electron chi connectivity index (χ0n) is 9.53. The van der Waals surface area contributed by atoms with Gasteiger partial charge in [0.2, 0.25) is 5.91 Å². The third-order valence-corrected chi connectivity index (χ3v) is 3.38. The van der Waals surface area contributed by atoms with Crippen LogP contribution < -0.4 is 5.32 Å². The second-order valence-electron chi connectivity index (χ2n) is 4.59. The molecule has 4 nitrogen and oxygen atoms in total. The number of carbonyl (C=O) groups is 1. The van der Waals surface area contributed by atoms with Gasteiger partial charge in [-0.2, -0.15) is 0 Å². The molecule has 1 heterocycles. The minimum Gasteiger partial charge on any atom is -0.377 e. The van der Waals surface area contributed by atoms with E-state index < -0.39 is 0 Å². The van der Waals surface area contributed by atoms with E-state index >= 15 is 0 Å². The van der Waals surface area contributed by atoms with Gasteiger partial charge in [0.15, 0.2) is 0 Å². The Morgan fingerprint density at radius 1 is 1.47 bits per heavy atom. The number of carbonyl (C=O) groups excluding carboxylic acids is 1. The molecule has 0 aromatic rings. The van der Waals surface area contributed by atoms with Crippen molar-refractivity contribution in [2.24, 2.45) is 0 Å². The maximum Gasteiger partial charge on any atom is 0.236 e. The van der Waals surface area contributed by atoms with Crippen molar-refractivity contribution in [1.82, 2.24) is 10.2 Å². The average molecular weight is 212 g/mol. The molecule has 1 amide bonds. The molecule has 1 aliphatic carbocycles. The number of likely N-dealkylation sites (N-methyl/N-ethyl adjacent to an activating group) is 1. The summed E-state index contributed by atoms with van der Waals surface area (Å²) in [6.45, 7) is 3.32. The van der Waals surface area contributed by atoms with Gasteiger partial charge >= 0.3 is 0 Å². The molecule has 0 aromatic heterocycles. The van der Waals surface area contributed by atoms with E-state index in [-0.39, 0.29) is 12.0 Å². The Morgan fingerprint density at radius 3 is 2.73 bits per heavy atom. The number of ether oxygens (including phenoxy) is 1. The molecule has 2 unspecified atom stereocenters. The summed E-state index contributed by atoms with van der Waals surface area (Å²) in [5, 5.41) is 3.28. The molecule has 1 saturated heterocycles. The predicted molar refractivity (Wildman–Crippen MR) is 57.6 cm³/mol. The minimum absolute atomic E-state index is 0.205. The molecule has 2 fully saturated rings. The Labute approximate surface area is 91.0 Å². The van der Waals surface area contributed by atoms with E-state index in [2.05, 4.69) is 12.2 Å². The highest BCUT2D eigenvalue weighted by molar-refractivity contribution is 5.78. The second kappa shape index (κ2) is 4.49. The molecule has 86 valence electrons. The van der Waals surface area contributed by atoms with E-state index in [1.165, 1.54) is 12.8 Å². The van der Waals surface area contributed by atoms with Crippen LogP contribution in [0.5, 0.6) is 0 Å². The molecule has 2 aliphatic rings. The van der Waals surface area contributed by atoms with Crippen LogP contribution in [0.2, 0.25) is 0 Å². The first-order valence-corrected chi connectivity index (χ1v) is 5.79. The van der Waals surface area contributed by atoms with E-state index in [4.69, 9.17) is 4.74 Å². The van der Waals surface area contributed by atoms with Crippen LogP contribution in [-0.4, -0.2) is 49.2 Å². The van der Waals surface area contributed by atoms with Crippen molar-refractivity contribution in [3.63, 3.8) is 0 Å². The summed E-state index contributed by atoms with van der Waals surface area (Å²) >= 11 is 0. The molecule has 1 N–H and O–H groups in total. The topological polar surface area (TPSA) is 41.6 Å². The van der Waals surface area contributed by atoms with E-state index in [1.807, 2.05) is 11.9 Å². The van der Waals surface area contributed by atoms with Crippen molar-refractivity contribution in [3.05, 3.63) is 0 Å². The quantitative estimate of drug-likeness (QED) is 0.732. The lowest BCUT2D eigenvalue weighted by Gasteiger charge is -2.20. The summed E-state index contributed by atoms with van der Waals surface area (Å²) in [4.78, 5) is 13.6. The number of nitrogens with zero attached hydrogens (tertiary/aromatic N) is 1. The molecule has 1 aliphatic heterocycles. The average Bonchev–Trinajstić information content (AvgIpc) is 2.99. The Bertz CT molecular complexity index is 241. The molecule has 0 spiro atoms. The maximum atomic E-state index is 11.7. The van der Waals surface area contributed by atoms with Gasteiger partial charge in [0.05, 0.1) is 12.6 Å². The summed E-state index contributed by atoms with van der Waals surface area (Å²) < 4.78 is 5.43. The van der Waals surface area contributed by atoms with Crippen molar-refractivity contribution < 1.29 is 9.53 Å². The van der Waals surface area contributed by atoms with Crippen molar-refractivity contribution in [2.45, 2.75) is 44.4 Å².